The number of carbonyl (C=O) groups is 2. The molecule has 0 aromatic heterocycles. The van der Waals surface area contributed by atoms with Crippen molar-refractivity contribution in [3.05, 3.63) is 35.4 Å². The van der Waals surface area contributed by atoms with E-state index in [4.69, 9.17) is 4.74 Å². The second kappa shape index (κ2) is 7.75. The van der Waals surface area contributed by atoms with Crippen LogP contribution in [-0.4, -0.2) is 80.4 Å². The van der Waals surface area contributed by atoms with Crippen LogP contribution in [0.5, 0.6) is 0 Å². The summed E-state index contributed by atoms with van der Waals surface area (Å²) in [4.78, 5) is 28.8. The Labute approximate surface area is 153 Å². The smallest absolute Gasteiger partial charge is 0.254 e. The first-order valence-corrected chi connectivity index (χ1v) is 10.7. The monoisotopic (exact) mass is 380 g/mol. The van der Waals surface area contributed by atoms with Crippen LogP contribution in [0.25, 0.3) is 0 Å². The highest BCUT2D eigenvalue weighted by Gasteiger charge is 2.34. The number of carbonyl (C=O) groups excluding carboxylic acids is 2. The summed E-state index contributed by atoms with van der Waals surface area (Å²) >= 11 is 0. The summed E-state index contributed by atoms with van der Waals surface area (Å²) in [7, 11) is -3.07. The van der Waals surface area contributed by atoms with E-state index in [1.165, 1.54) is 0 Å². The van der Waals surface area contributed by atoms with Crippen molar-refractivity contribution in [1.29, 1.82) is 0 Å². The molecule has 0 bridgehead atoms. The predicted molar refractivity (Wildman–Crippen MR) is 96.9 cm³/mol. The highest BCUT2D eigenvalue weighted by molar-refractivity contribution is 7.91. The predicted octanol–water partition coefficient (Wildman–Crippen LogP) is 0.808. The van der Waals surface area contributed by atoms with Crippen LogP contribution < -0.4 is 0 Å². The number of nitrogens with zero attached hydrogens (tertiary/aromatic N) is 2. The Bertz CT molecular complexity index is 787. The number of hydrogen-bond acceptors (Lipinski definition) is 5. The summed E-state index contributed by atoms with van der Waals surface area (Å²) in [5.74, 6) is -0.212. The van der Waals surface area contributed by atoms with Gasteiger partial charge < -0.3 is 14.5 Å². The van der Waals surface area contributed by atoms with Crippen LogP contribution in [-0.2, 0) is 14.6 Å². The first-order valence-electron chi connectivity index (χ1n) is 8.90. The van der Waals surface area contributed by atoms with Crippen LogP contribution in [0.4, 0.5) is 0 Å². The number of hydrogen-bond donors (Lipinski definition) is 0. The molecule has 1 atom stereocenters. The topological polar surface area (TPSA) is 84.0 Å². The molecule has 0 N–H and O–H groups in total. The minimum absolute atomic E-state index is 0.0129. The molecule has 1 aromatic carbocycles. The summed E-state index contributed by atoms with van der Waals surface area (Å²) in [5.41, 5.74) is 0.878. The van der Waals surface area contributed by atoms with Gasteiger partial charge in [-0.3, -0.25) is 9.59 Å². The lowest BCUT2D eigenvalue weighted by Gasteiger charge is -2.28. The van der Waals surface area contributed by atoms with Gasteiger partial charge in [-0.2, -0.15) is 0 Å². The van der Waals surface area contributed by atoms with Gasteiger partial charge in [0.25, 0.3) is 11.8 Å². The molecule has 2 saturated heterocycles. The average Bonchev–Trinajstić information content (AvgIpc) is 3.02. The third-order valence-corrected chi connectivity index (χ3v) is 6.66. The molecular formula is C18H24N2O5S. The highest BCUT2D eigenvalue weighted by Crippen LogP contribution is 2.20. The maximum atomic E-state index is 12.9. The van der Waals surface area contributed by atoms with Crippen LogP contribution in [0.15, 0.2) is 24.3 Å². The molecule has 7 nitrogen and oxygen atoms in total. The lowest BCUT2D eigenvalue weighted by Crippen LogP contribution is -2.42. The minimum Gasteiger partial charge on any atom is -0.378 e. The summed E-state index contributed by atoms with van der Waals surface area (Å²) in [6, 6.07) is 6.37. The van der Waals surface area contributed by atoms with Gasteiger partial charge in [0.05, 0.1) is 24.7 Å². The fourth-order valence-corrected chi connectivity index (χ4v) is 5.22. The third kappa shape index (κ3) is 4.07. The van der Waals surface area contributed by atoms with Crippen molar-refractivity contribution in [3.8, 4) is 0 Å². The fraction of sp³-hybridized carbons (Fsp3) is 0.556. The number of ether oxygens (including phenoxy) is 1. The van der Waals surface area contributed by atoms with E-state index in [2.05, 4.69) is 0 Å². The van der Waals surface area contributed by atoms with Crippen molar-refractivity contribution in [2.75, 3.05) is 44.4 Å². The quantitative estimate of drug-likeness (QED) is 0.772. The molecule has 1 unspecified atom stereocenters. The highest BCUT2D eigenvalue weighted by atomic mass is 32.2. The zero-order valence-electron chi connectivity index (χ0n) is 14.9. The second-order valence-electron chi connectivity index (χ2n) is 6.63. The molecule has 142 valence electrons. The standard InChI is InChI=1S/C18H24N2O5S/c1-2-20(16-6-11-26(23,24)13-16)18(22)15-5-3-4-14(12-15)17(21)19-7-9-25-10-8-19/h3-5,12,16H,2,6-11,13H2,1H3. The lowest BCUT2D eigenvalue weighted by molar-refractivity contribution is 0.0303. The van der Waals surface area contributed by atoms with Crippen LogP contribution in [0.2, 0.25) is 0 Å². The summed E-state index contributed by atoms with van der Waals surface area (Å²) in [6.07, 6.45) is 0.467. The molecule has 2 aliphatic heterocycles. The van der Waals surface area contributed by atoms with E-state index in [1.807, 2.05) is 6.92 Å². The maximum absolute atomic E-state index is 12.9. The summed E-state index contributed by atoms with van der Waals surface area (Å²) in [5, 5.41) is 0. The molecule has 26 heavy (non-hydrogen) atoms. The van der Waals surface area contributed by atoms with Gasteiger partial charge in [0.1, 0.15) is 0 Å². The van der Waals surface area contributed by atoms with Gasteiger partial charge in [-0.25, -0.2) is 8.42 Å². The third-order valence-electron chi connectivity index (χ3n) is 4.91. The first-order chi connectivity index (χ1) is 12.4. The molecule has 2 heterocycles. The molecule has 1 aromatic rings. The summed E-state index contributed by atoms with van der Waals surface area (Å²) < 4.78 is 28.7. The number of sulfone groups is 1. The summed E-state index contributed by atoms with van der Waals surface area (Å²) in [6.45, 7) is 4.39. The van der Waals surface area contributed by atoms with E-state index in [0.29, 0.717) is 50.4 Å². The van der Waals surface area contributed by atoms with Gasteiger partial charge in [0.2, 0.25) is 0 Å². The maximum Gasteiger partial charge on any atom is 0.254 e. The number of amides is 2. The SMILES string of the molecule is CCN(C(=O)c1cccc(C(=O)N2CCOCC2)c1)C1CCS(=O)(=O)C1. The molecule has 2 fully saturated rings. The molecule has 2 aliphatic rings. The molecule has 0 radical (unpaired) electrons. The van der Waals surface area contributed by atoms with E-state index in [-0.39, 0.29) is 29.4 Å². The van der Waals surface area contributed by atoms with Crippen molar-refractivity contribution in [2.24, 2.45) is 0 Å². The van der Waals surface area contributed by atoms with Crippen molar-refractivity contribution in [2.45, 2.75) is 19.4 Å². The van der Waals surface area contributed by atoms with Crippen molar-refractivity contribution < 1.29 is 22.7 Å². The zero-order chi connectivity index (χ0) is 18.7. The Morgan fingerprint density at radius 1 is 1.23 bits per heavy atom. The zero-order valence-corrected chi connectivity index (χ0v) is 15.7. The first kappa shape index (κ1) is 18.8. The van der Waals surface area contributed by atoms with Crippen LogP contribution in [0.3, 0.4) is 0 Å². The molecule has 0 saturated carbocycles. The largest absolute Gasteiger partial charge is 0.378 e. The van der Waals surface area contributed by atoms with E-state index in [0.717, 1.165) is 0 Å². The lowest BCUT2D eigenvalue weighted by atomic mass is 10.1. The Morgan fingerprint density at radius 3 is 2.54 bits per heavy atom. The van der Waals surface area contributed by atoms with E-state index in [9.17, 15) is 18.0 Å². The van der Waals surface area contributed by atoms with E-state index >= 15 is 0 Å². The molecule has 0 spiro atoms. The minimum atomic E-state index is -3.07. The molecule has 8 heteroatoms. The van der Waals surface area contributed by atoms with Crippen LogP contribution in [0.1, 0.15) is 34.1 Å². The normalized spacial score (nSPS) is 22.2. The van der Waals surface area contributed by atoms with Gasteiger partial charge in [-0.1, -0.05) is 6.07 Å². The van der Waals surface area contributed by atoms with E-state index < -0.39 is 9.84 Å². The molecule has 2 amide bonds. The number of morpholine rings is 1. The van der Waals surface area contributed by atoms with Gasteiger partial charge in [-0.05, 0) is 31.5 Å². The van der Waals surface area contributed by atoms with Gasteiger partial charge >= 0.3 is 0 Å². The van der Waals surface area contributed by atoms with Crippen molar-refractivity contribution in [1.82, 2.24) is 9.80 Å². The molecular weight excluding hydrogens is 356 g/mol. The Morgan fingerprint density at radius 2 is 1.92 bits per heavy atom. The number of benzene rings is 1. The average molecular weight is 380 g/mol. The Balaban J connectivity index is 1.77. The van der Waals surface area contributed by atoms with E-state index in [1.54, 1.807) is 34.1 Å². The van der Waals surface area contributed by atoms with Gasteiger partial charge in [-0.15, -0.1) is 0 Å². The molecule has 3 rings (SSSR count). The van der Waals surface area contributed by atoms with Crippen LogP contribution >= 0.6 is 0 Å². The van der Waals surface area contributed by atoms with Crippen LogP contribution in [0, 0.1) is 0 Å². The molecule has 0 aliphatic carbocycles. The number of rotatable bonds is 4. The van der Waals surface area contributed by atoms with Gasteiger partial charge in [0.15, 0.2) is 9.84 Å². The Hall–Kier alpha value is -1.93. The Kier molecular flexibility index (Phi) is 5.62. The fourth-order valence-electron chi connectivity index (χ4n) is 3.49. The second-order valence-corrected chi connectivity index (χ2v) is 8.86. The van der Waals surface area contributed by atoms with Crippen molar-refractivity contribution in [3.63, 3.8) is 0 Å². The van der Waals surface area contributed by atoms with Crippen molar-refractivity contribution >= 4 is 21.7 Å². The van der Waals surface area contributed by atoms with Gasteiger partial charge in [0, 0.05) is 36.8 Å².